The van der Waals surface area contributed by atoms with Gasteiger partial charge in [0.05, 0.1) is 12.6 Å². The fraction of sp³-hybridized carbons (Fsp3) is 0.857. The van der Waals surface area contributed by atoms with Crippen molar-refractivity contribution in [3.63, 3.8) is 0 Å². The third-order valence-electron chi connectivity index (χ3n) is 1.86. The molecule has 0 radical (unpaired) electrons. The van der Waals surface area contributed by atoms with Crippen LogP contribution in [0.2, 0.25) is 0 Å². The molecule has 14 heavy (non-hydrogen) atoms. The SMILES string of the molecule is CCN(CC(F)(F)F)C(C)C(=O)NN. The van der Waals surface area contributed by atoms with E-state index in [0.717, 1.165) is 4.90 Å². The van der Waals surface area contributed by atoms with Gasteiger partial charge in [0.15, 0.2) is 0 Å². The topological polar surface area (TPSA) is 58.4 Å². The molecule has 0 aliphatic rings. The van der Waals surface area contributed by atoms with E-state index < -0.39 is 24.7 Å². The lowest BCUT2D eigenvalue weighted by Gasteiger charge is -2.26. The Morgan fingerprint density at radius 3 is 2.36 bits per heavy atom. The number of hydrazine groups is 1. The van der Waals surface area contributed by atoms with Crippen molar-refractivity contribution in [1.29, 1.82) is 0 Å². The minimum atomic E-state index is -4.31. The number of carbonyl (C=O) groups is 1. The minimum absolute atomic E-state index is 0.133. The van der Waals surface area contributed by atoms with E-state index in [4.69, 9.17) is 5.84 Å². The molecule has 0 saturated carbocycles. The average Bonchev–Trinajstić information content (AvgIpc) is 2.10. The summed E-state index contributed by atoms with van der Waals surface area (Å²) in [4.78, 5) is 11.9. The fourth-order valence-electron chi connectivity index (χ4n) is 1.04. The van der Waals surface area contributed by atoms with E-state index >= 15 is 0 Å². The lowest BCUT2D eigenvalue weighted by atomic mass is 10.2. The van der Waals surface area contributed by atoms with Crippen LogP contribution >= 0.6 is 0 Å². The molecule has 7 heteroatoms. The summed E-state index contributed by atoms with van der Waals surface area (Å²) >= 11 is 0. The Morgan fingerprint density at radius 2 is 2.07 bits per heavy atom. The summed E-state index contributed by atoms with van der Waals surface area (Å²) in [6.45, 7) is 1.94. The summed E-state index contributed by atoms with van der Waals surface area (Å²) in [5.74, 6) is 4.19. The Balaban J connectivity index is 4.33. The van der Waals surface area contributed by atoms with Crippen LogP contribution in [0.15, 0.2) is 0 Å². The Kier molecular flexibility index (Phi) is 4.86. The summed E-state index contributed by atoms with van der Waals surface area (Å²) in [5.41, 5.74) is 1.82. The molecule has 1 atom stereocenters. The van der Waals surface area contributed by atoms with E-state index in [1.807, 2.05) is 5.43 Å². The van der Waals surface area contributed by atoms with Crippen LogP contribution in [0.4, 0.5) is 13.2 Å². The van der Waals surface area contributed by atoms with Crippen LogP contribution < -0.4 is 11.3 Å². The molecule has 1 unspecified atom stereocenters. The van der Waals surface area contributed by atoms with E-state index in [1.165, 1.54) is 6.92 Å². The van der Waals surface area contributed by atoms with Crippen LogP contribution in [0.5, 0.6) is 0 Å². The first kappa shape index (κ1) is 13.2. The van der Waals surface area contributed by atoms with Crippen molar-refractivity contribution in [2.75, 3.05) is 13.1 Å². The molecule has 0 fully saturated rings. The number of halogens is 3. The Morgan fingerprint density at radius 1 is 1.57 bits per heavy atom. The molecule has 84 valence electrons. The molecular formula is C7H14F3N3O. The lowest BCUT2D eigenvalue weighted by molar-refractivity contribution is -0.153. The highest BCUT2D eigenvalue weighted by molar-refractivity contribution is 5.80. The third kappa shape index (κ3) is 4.43. The number of hydrogen-bond donors (Lipinski definition) is 2. The molecule has 0 aromatic heterocycles. The predicted molar refractivity (Wildman–Crippen MR) is 45.1 cm³/mol. The number of likely N-dealkylation sites (N-methyl/N-ethyl adjacent to an activating group) is 1. The van der Waals surface area contributed by atoms with Crippen LogP contribution in [0.25, 0.3) is 0 Å². The number of rotatable bonds is 4. The van der Waals surface area contributed by atoms with Gasteiger partial charge in [-0.15, -0.1) is 0 Å². The van der Waals surface area contributed by atoms with Gasteiger partial charge in [-0.25, -0.2) is 5.84 Å². The van der Waals surface area contributed by atoms with Crippen LogP contribution in [-0.2, 0) is 4.79 Å². The van der Waals surface area contributed by atoms with Crippen molar-refractivity contribution >= 4 is 5.91 Å². The van der Waals surface area contributed by atoms with E-state index in [1.54, 1.807) is 6.92 Å². The quantitative estimate of drug-likeness (QED) is 0.400. The second kappa shape index (κ2) is 5.16. The number of carbonyl (C=O) groups excluding carboxylic acids is 1. The molecular weight excluding hydrogens is 199 g/mol. The first-order valence-corrected chi connectivity index (χ1v) is 4.13. The van der Waals surface area contributed by atoms with E-state index in [2.05, 4.69) is 0 Å². The van der Waals surface area contributed by atoms with E-state index in [9.17, 15) is 18.0 Å². The molecule has 4 nitrogen and oxygen atoms in total. The highest BCUT2D eigenvalue weighted by Crippen LogP contribution is 2.17. The van der Waals surface area contributed by atoms with Gasteiger partial charge in [0.1, 0.15) is 0 Å². The Bertz CT molecular complexity index is 195. The van der Waals surface area contributed by atoms with Crippen LogP contribution in [0.3, 0.4) is 0 Å². The van der Waals surface area contributed by atoms with Gasteiger partial charge in [-0.1, -0.05) is 6.92 Å². The molecule has 0 bridgehead atoms. The zero-order chi connectivity index (χ0) is 11.4. The number of nitrogens with two attached hydrogens (primary N) is 1. The normalized spacial score (nSPS) is 14.2. The van der Waals surface area contributed by atoms with Crippen molar-refractivity contribution < 1.29 is 18.0 Å². The molecule has 0 aromatic rings. The molecule has 0 rings (SSSR count). The van der Waals surface area contributed by atoms with Gasteiger partial charge >= 0.3 is 6.18 Å². The molecule has 1 amide bonds. The Labute approximate surface area is 80.2 Å². The summed E-state index contributed by atoms with van der Waals surface area (Å²) in [6, 6.07) is -0.883. The maximum Gasteiger partial charge on any atom is 0.401 e. The Hall–Kier alpha value is -0.820. The van der Waals surface area contributed by atoms with Crippen molar-refractivity contribution in [2.45, 2.75) is 26.1 Å². The van der Waals surface area contributed by atoms with Crippen molar-refractivity contribution in [3.05, 3.63) is 0 Å². The molecule has 0 aliphatic carbocycles. The number of alkyl halides is 3. The van der Waals surface area contributed by atoms with Gasteiger partial charge < -0.3 is 0 Å². The van der Waals surface area contributed by atoms with Crippen molar-refractivity contribution in [2.24, 2.45) is 5.84 Å². The first-order valence-electron chi connectivity index (χ1n) is 4.13. The number of hydrogen-bond acceptors (Lipinski definition) is 3. The molecule has 0 spiro atoms. The van der Waals surface area contributed by atoms with Gasteiger partial charge in [-0.05, 0) is 13.5 Å². The summed E-state index contributed by atoms with van der Waals surface area (Å²) in [7, 11) is 0. The van der Waals surface area contributed by atoms with Gasteiger partial charge in [-0.2, -0.15) is 13.2 Å². The van der Waals surface area contributed by atoms with E-state index in [0.29, 0.717) is 0 Å². The lowest BCUT2D eigenvalue weighted by Crippen LogP contribution is -2.50. The summed E-state index contributed by atoms with van der Waals surface area (Å²) in [6.07, 6.45) is -4.31. The van der Waals surface area contributed by atoms with Crippen molar-refractivity contribution in [3.8, 4) is 0 Å². The second-order valence-corrected chi connectivity index (χ2v) is 2.86. The molecule has 3 N–H and O–H groups in total. The molecule has 0 heterocycles. The number of nitrogens with zero attached hydrogens (tertiary/aromatic N) is 1. The predicted octanol–water partition coefficient (Wildman–Crippen LogP) is 0.249. The molecule has 0 aliphatic heterocycles. The smallest absolute Gasteiger partial charge is 0.293 e. The van der Waals surface area contributed by atoms with E-state index in [-0.39, 0.29) is 6.54 Å². The monoisotopic (exact) mass is 213 g/mol. The standard InChI is InChI=1S/C7H14F3N3O/c1-3-13(4-7(8,9)10)5(2)6(14)12-11/h5H,3-4,11H2,1-2H3,(H,12,14). The second-order valence-electron chi connectivity index (χ2n) is 2.86. The zero-order valence-corrected chi connectivity index (χ0v) is 8.06. The fourth-order valence-corrected chi connectivity index (χ4v) is 1.04. The van der Waals surface area contributed by atoms with Crippen LogP contribution in [-0.4, -0.2) is 36.1 Å². The largest absolute Gasteiger partial charge is 0.401 e. The van der Waals surface area contributed by atoms with Gasteiger partial charge in [0.2, 0.25) is 0 Å². The first-order chi connectivity index (χ1) is 6.31. The average molecular weight is 213 g/mol. The van der Waals surface area contributed by atoms with Gasteiger partial charge in [0.25, 0.3) is 5.91 Å². The minimum Gasteiger partial charge on any atom is -0.293 e. The van der Waals surface area contributed by atoms with Crippen LogP contribution in [0.1, 0.15) is 13.8 Å². The van der Waals surface area contributed by atoms with Crippen molar-refractivity contribution in [1.82, 2.24) is 10.3 Å². The third-order valence-corrected chi connectivity index (χ3v) is 1.86. The van der Waals surface area contributed by atoms with Crippen LogP contribution in [0, 0.1) is 0 Å². The highest BCUT2D eigenvalue weighted by Gasteiger charge is 2.33. The zero-order valence-electron chi connectivity index (χ0n) is 8.06. The van der Waals surface area contributed by atoms with Gasteiger partial charge in [0, 0.05) is 0 Å². The maximum atomic E-state index is 12.0. The summed E-state index contributed by atoms with van der Waals surface area (Å²) < 4.78 is 36.0. The molecule has 0 saturated heterocycles. The maximum absolute atomic E-state index is 12.0. The summed E-state index contributed by atoms with van der Waals surface area (Å²) in [5, 5.41) is 0. The molecule has 0 aromatic carbocycles. The highest BCUT2D eigenvalue weighted by atomic mass is 19.4. The number of nitrogens with one attached hydrogen (secondary N) is 1. The van der Waals surface area contributed by atoms with Gasteiger partial charge in [-0.3, -0.25) is 15.1 Å². The number of amides is 1.